The zero-order valence-electron chi connectivity index (χ0n) is 7.02. The van der Waals surface area contributed by atoms with Gasteiger partial charge in [0.1, 0.15) is 0 Å². The number of hydrogen-bond donors (Lipinski definition) is 2. The van der Waals surface area contributed by atoms with E-state index in [1.807, 2.05) is 13.8 Å². The maximum atomic E-state index is 12.8. The molecule has 1 amide bonds. The second-order valence-electron chi connectivity index (χ2n) is 3.15. The van der Waals surface area contributed by atoms with Crippen LogP contribution in [0.4, 0.5) is 4.39 Å². The van der Waals surface area contributed by atoms with E-state index >= 15 is 0 Å². The van der Waals surface area contributed by atoms with Crippen molar-refractivity contribution in [3.63, 3.8) is 0 Å². The van der Waals surface area contributed by atoms with Crippen LogP contribution < -0.4 is 5.32 Å². The van der Waals surface area contributed by atoms with Crippen LogP contribution in [0, 0.1) is 17.2 Å². The van der Waals surface area contributed by atoms with Gasteiger partial charge in [-0.2, -0.15) is 0 Å². The van der Waals surface area contributed by atoms with Crippen LogP contribution in [0.5, 0.6) is 0 Å². The molecule has 1 heterocycles. The number of carbonyl (C=O) groups is 1. The second-order valence-corrected chi connectivity index (χ2v) is 3.15. The van der Waals surface area contributed by atoms with Gasteiger partial charge >= 0.3 is 0 Å². The van der Waals surface area contributed by atoms with Gasteiger partial charge in [-0.1, -0.05) is 13.8 Å². The van der Waals surface area contributed by atoms with E-state index in [1.165, 1.54) is 6.08 Å². The Balaban J connectivity index is 2.90. The summed E-state index contributed by atoms with van der Waals surface area (Å²) in [5, 5.41) is 9.14. The lowest BCUT2D eigenvalue weighted by molar-refractivity contribution is -0.123. The molecule has 1 atom stereocenters. The Kier molecular flexibility index (Phi) is 2.26. The standard InChI is InChI=1S/C8H11FN2O/c1-4(2)5-3-6(9)7(10)11-8(5)12/h3-5H,1-2H3,(H2,10,11,12). The van der Waals surface area contributed by atoms with Crippen LogP contribution in [0.3, 0.4) is 0 Å². The predicted molar refractivity (Wildman–Crippen MR) is 43.4 cm³/mol. The molecule has 0 bridgehead atoms. The van der Waals surface area contributed by atoms with Crippen molar-refractivity contribution in [1.29, 1.82) is 5.41 Å². The summed E-state index contributed by atoms with van der Waals surface area (Å²) in [5.41, 5.74) is 0. The monoisotopic (exact) mass is 170 g/mol. The van der Waals surface area contributed by atoms with Crippen molar-refractivity contribution in [3.05, 3.63) is 11.9 Å². The molecule has 1 unspecified atom stereocenters. The molecular formula is C8H11FN2O. The Bertz CT molecular complexity index is 258. The predicted octanol–water partition coefficient (Wildman–Crippen LogP) is 1.22. The van der Waals surface area contributed by atoms with Gasteiger partial charge in [-0.05, 0) is 12.0 Å². The van der Waals surface area contributed by atoms with Crippen LogP contribution in [-0.2, 0) is 4.79 Å². The third-order valence-electron chi connectivity index (χ3n) is 1.83. The largest absolute Gasteiger partial charge is 0.308 e. The first-order valence-corrected chi connectivity index (χ1v) is 3.79. The number of rotatable bonds is 1. The van der Waals surface area contributed by atoms with Gasteiger partial charge in [-0.25, -0.2) is 4.39 Å². The Hall–Kier alpha value is -1.19. The number of hydrogen-bond acceptors (Lipinski definition) is 2. The highest BCUT2D eigenvalue weighted by Gasteiger charge is 2.27. The molecule has 0 aliphatic carbocycles. The molecule has 3 nitrogen and oxygen atoms in total. The van der Waals surface area contributed by atoms with Crippen LogP contribution >= 0.6 is 0 Å². The quantitative estimate of drug-likeness (QED) is 0.610. The van der Waals surface area contributed by atoms with Crippen LogP contribution in [0.2, 0.25) is 0 Å². The van der Waals surface area contributed by atoms with E-state index < -0.39 is 17.6 Å². The first-order valence-electron chi connectivity index (χ1n) is 3.79. The highest BCUT2D eigenvalue weighted by Crippen LogP contribution is 2.19. The van der Waals surface area contributed by atoms with E-state index in [9.17, 15) is 9.18 Å². The summed E-state index contributed by atoms with van der Waals surface area (Å²) in [5.74, 6) is -1.76. The fourth-order valence-electron chi connectivity index (χ4n) is 1.08. The Labute approximate surface area is 70.2 Å². The van der Waals surface area contributed by atoms with Gasteiger partial charge in [0.25, 0.3) is 0 Å². The molecule has 0 aromatic heterocycles. The van der Waals surface area contributed by atoms with E-state index in [1.54, 1.807) is 0 Å². The number of amides is 1. The van der Waals surface area contributed by atoms with E-state index in [0.29, 0.717) is 0 Å². The van der Waals surface area contributed by atoms with Gasteiger partial charge in [0.15, 0.2) is 11.7 Å². The van der Waals surface area contributed by atoms with E-state index in [-0.39, 0.29) is 11.8 Å². The van der Waals surface area contributed by atoms with Crippen molar-refractivity contribution in [2.24, 2.45) is 11.8 Å². The normalized spacial score (nSPS) is 24.0. The number of amidine groups is 1. The average molecular weight is 170 g/mol. The summed E-state index contributed by atoms with van der Waals surface area (Å²) < 4.78 is 12.8. The van der Waals surface area contributed by atoms with Crippen LogP contribution in [0.15, 0.2) is 11.9 Å². The Morgan fingerprint density at radius 2 is 2.25 bits per heavy atom. The minimum Gasteiger partial charge on any atom is -0.308 e. The molecule has 0 fully saturated rings. The summed E-state index contributed by atoms with van der Waals surface area (Å²) in [4.78, 5) is 11.1. The lowest BCUT2D eigenvalue weighted by atomic mass is 9.92. The maximum absolute atomic E-state index is 12.8. The fourth-order valence-corrected chi connectivity index (χ4v) is 1.08. The third-order valence-corrected chi connectivity index (χ3v) is 1.83. The molecule has 0 saturated heterocycles. The van der Waals surface area contributed by atoms with E-state index in [0.717, 1.165) is 0 Å². The first-order chi connectivity index (χ1) is 5.52. The summed E-state index contributed by atoms with van der Waals surface area (Å²) in [6.45, 7) is 3.67. The van der Waals surface area contributed by atoms with Crippen molar-refractivity contribution in [1.82, 2.24) is 5.32 Å². The van der Waals surface area contributed by atoms with Crippen LogP contribution in [0.25, 0.3) is 0 Å². The molecule has 0 aromatic carbocycles. The minimum atomic E-state index is -0.645. The zero-order chi connectivity index (χ0) is 9.30. The van der Waals surface area contributed by atoms with Crippen molar-refractivity contribution in [2.45, 2.75) is 13.8 Å². The van der Waals surface area contributed by atoms with Crippen molar-refractivity contribution in [3.8, 4) is 0 Å². The average Bonchev–Trinajstić information content (AvgIpc) is 1.96. The first kappa shape index (κ1) is 8.90. The number of nitrogens with one attached hydrogen (secondary N) is 2. The van der Waals surface area contributed by atoms with Gasteiger partial charge in [0.05, 0.1) is 5.92 Å². The summed E-state index contributed by atoms with van der Waals surface area (Å²) in [7, 11) is 0. The second kappa shape index (κ2) is 3.05. The molecule has 0 spiro atoms. The zero-order valence-corrected chi connectivity index (χ0v) is 7.02. The van der Waals surface area contributed by atoms with E-state index in [4.69, 9.17) is 5.41 Å². The fraction of sp³-hybridized carbons (Fsp3) is 0.500. The molecule has 2 N–H and O–H groups in total. The highest BCUT2D eigenvalue weighted by atomic mass is 19.1. The van der Waals surface area contributed by atoms with Crippen LogP contribution in [-0.4, -0.2) is 11.7 Å². The molecule has 4 heteroatoms. The molecule has 12 heavy (non-hydrogen) atoms. The molecule has 1 aliphatic rings. The van der Waals surface area contributed by atoms with Crippen LogP contribution in [0.1, 0.15) is 13.8 Å². The Morgan fingerprint density at radius 3 is 2.75 bits per heavy atom. The topological polar surface area (TPSA) is 53.0 Å². The molecule has 0 saturated carbocycles. The van der Waals surface area contributed by atoms with Gasteiger partial charge in [0, 0.05) is 0 Å². The summed E-state index contributed by atoms with van der Waals surface area (Å²) in [6.07, 6.45) is 1.20. The highest BCUT2D eigenvalue weighted by molar-refractivity contribution is 6.08. The molecule has 0 radical (unpaired) electrons. The van der Waals surface area contributed by atoms with Gasteiger partial charge in [0.2, 0.25) is 5.91 Å². The summed E-state index contributed by atoms with van der Waals surface area (Å²) >= 11 is 0. The third kappa shape index (κ3) is 1.52. The van der Waals surface area contributed by atoms with Crippen molar-refractivity contribution in [2.75, 3.05) is 0 Å². The molecule has 0 aromatic rings. The number of halogens is 1. The smallest absolute Gasteiger partial charge is 0.232 e. The lowest BCUT2D eigenvalue weighted by Crippen LogP contribution is -2.40. The van der Waals surface area contributed by atoms with E-state index in [2.05, 4.69) is 5.32 Å². The van der Waals surface area contributed by atoms with Gasteiger partial charge in [-0.3, -0.25) is 10.2 Å². The van der Waals surface area contributed by atoms with Crippen molar-refractivity contribution < 1.29 is 9.18 Å². The molecule has 1 rings (SSSR count). The molecule has 1 aliphatic heterocycles. The Morgan fingerprint density at radius 1 is 1.67 bits per heavy atom. The summed E-state index contributed by atoms with van der Waals surface area (Å²) in [6, 6.07) is 0. The SMILES string of the molecule is CC(C)C1C=C(F)C(=N)NC1=O. The molecular weight excluding hydrogens is 159 g/mol. The van der Waals surface area contributed by atoms with Crippen molar-refractivity contribution >= 4 is 11.7 Å². The van der Waals surface area contributed by atoms with Gasteiger partial charge < -0.3 is 5.32 Å². The minimum absolute atomic E-state index is 0.0591. The van der Waals surface area contributed by atoms with Gasteiger partial charge in [-0.15, -0.1) is 0 Å². The number of carbonyl (C=O) groups excluding carboxylic acids is 1. The maximum Gasteiger partial charge on any atom is 0.232 e. The lowest BCUT2D eigenvalue weighted by Gasteiger charge is -2.20. The molecule has 66 valence electrons.